The van der Waals surface area contributed by atoms with E-state index in [4.69, 9.17) is 0 Å². The maximum Gasteiger partial charge on any atom is 0.416 e. The van der Waals surface area contributed by atoms with Crippen LogP contribution in [-0.4, -0.2) is 17.5 Å². The summed E-state index contributed by atoms with van der Waals surface area (Å²) >= 11 is 1.71. The first-order valence-electron chi connectivity index (χ1n) is 5.21. The molecule has 1 aromatic carbocycles. The molecular formula is C12H16F3NS. The van der Waals surface area contributed by atoms with Gasteiger partial charge in [0.15, 0.2) is 0 Å². The Kier molecular flexibility index (Phi) is 4.36. The third kappa shape index (κ3) is 4.50. The van der Waals surface area contributed by atoms with Crippen LogP contribution in [0.25, 0.3) is 0 Å². The molecule has 0 unspecified atom stereocenters. The minimum absolute atomic E-state index is 0.0582. The Labute approximate surface area is 104 Å². The van der Waals surface area contributed by atoms with E-state index in [-0.39, 0.29) is 4.75 Å². The summed E-state index contributed by atoms with van der Waals surface area (Å²) in [7, 11) is 0. The van der Waals surface area contributed by atoms with Crippen LogP contribution in [0, 0.1) is 0 Å². The highest BCUT2D eigenvalue weighted by molar-refractivity contribution is 7.99. The Hall–Kier alpha value is -0.840. The third-order valence-electron chi connectivity index (χ3n) is 2.48. The molecule has 0 saturated heterocycles. The monoisotopic (exact) mass is 263 g/mol. The molecule has 0 aromatic heterocycles. The van der Waals surface area contributed by atoms with Gasteiger partial charge in [-0.2, -0.15) is 24.9 Å². The van der Waals surface area contributed by atoms with E-state index >= 15 is 0 Å². The van der Waals surface area contributed by atoms with Crippen molar-refractivity contribution in [2.24, 2.45) is 0 Å². The smallest absolute Gasteiger partial charge is 0.384 e. The van der Waals surface area contributed by atoms with E-state index in [2.05, 4.69) is 19.2 Å². The quantitative estimate of drug-likeness (QED) is 0.871. The lowest BCUT2D eigenvalue weighted by Gasteiger charge is -2.23. The maximum absolute atomic E-state index is 12.3. The average Bonchev–Trinajstić information content (AvgIpc) is 2.26. The van der Waals surface area contributed by atoms with E-state index in [1.807, 2.05) is 6.26 Å². The Morgan fingerprint density at radius 1 is 1.12 bits per heavy atom. The van der Waals surface area contributed by atoms with Crippen LogP contribution in [0.5, 0.6) is 0 Å². The summed E-state index contributed by atoms with van der Waals surface area (Å²) in [6.07, 6.45) is -2.26. The molecule has 0 aliphatic rings. The van der Waals surface area contributed by atoms with Crippen LogP contribution in [-0.2, 0) is 6.18 Å². The Morgan fingerprint density at radius 3 is 2.06 bits per heavy atom. The molecule has 0 aliphatic heterocycles. The van der Waals surface area contributed by atoms with Gasteiger partial charge in [-0.05, 0) is 44.4 Å². The fourth-order valence-electron chi connectivity index (χ4n) is 1.16. The highest BCUT2D eigenvalue weighted by Gasteiger charge is 2.29. The Bertz CT molecular complexity index is 357. The van der Waals surface area contributed by atoms with Crippen LogP contribution in [0.3, 0.4) is 0 Å². The molecule has 1 N–H and O–H groups in total. The summed E-state index contributed by atoms with van der Waals surface area (Å²) in [5, 5.41) is 3.13. The van der Waals surface area contributed by atoms with Crippen molar-refractivity contribution >= 4 is 17.4 Å². The van der Waals surface area contributed by atoms with Gasteiger partial charge in [0.05, 0.1) is 5.56 Å². The summed E-state index contributed by atoms with van der Waals surface area (Å²) in [5.74, 6) is 0. The number of hydrogen-bond donors (Lipinski definition) is 1. The number of rotatable bonds is 4. The molecule has 0 aliphatic carbocycles. The zero-order chi connectivity index (χ0) is 13.1. The SMILES string of the molecule is CSC(C)(C)CNc1ccc(C(F)(F)F)cc1. The fraction of sp³-hybridized carbons (Fsp3) is 0.500. The normalized spacial score (nSPS) is 12.6. The van der Waals surface area contributed by atoms with Crippen LogP contribution < -0.4 is 5.32 Å². The standard InChI is InChI=1S/C12H16F3NS/c1-11(2,17-3)8-16-10-6-4-9(5-7-10)12(13,14)15/h4-7,16H,8H2,1-3H3. The lowest BCUT2D eigenvalue weighted by atomic mass is 10.1. The summed E-state index contributed by atoms with van der Waals surface area (Å²) in [6.45, 7) is 4.86. The van der Waals surface area contributed by atoms with Gasteiger partial charge in [0.25, 0.3) is 0 Å². The van der Waals surface area contributed by atoms with Crippen molar-refractivity contribution in [2.75, 3.05) is 18.1 Å². The Balaban J connectivity index is 2.64. The van der Waals surface area contributed by atoms with E-state index in [1.165, 1.54) is 12.1 Å². The second-order valence-electron chi connectivity index (χ2n) is 4.39. The molecule has 17 heavy (non-hydrogen) atoms. The van der Waals surface area contributed by atoms with Crippen LogP contribution in [0.2, 0.25) is 0 Å². The van der Waals surface area contributed by atoms with E-state index < -0.39 is 11.7 Å². The summed E-state index contributed by atoms with van der Waals surface area (Å²) in [4.78, 5) is 0. The number of halogens is 3. The molecular weight excluding hydrogens is 247 g/mol. The van der Waals surface area contributed by atoms with Crippen LogP contribution in [0.15, 0.2) is 24.3 Å². The van der Waals surface area contributed by atoms with Crippen molar-refractivity contribution in [3.05, 3.63) is 29.8 Å². The van der Waals surface area contributed by atoms with E-state index in [0.717, 1.165) is 12.1 Å². The highest BCUT2D eigenvalue weighted by Crippen LogP contribution is 2.30. The minimum atomic E-state index is -4.27. The summed E-state index contributed by atoms with van der Waals surface area (Å²) in [6, 6.07) is 5.10. The molecule has 1 nitrogen and oxygen atoms in total. The third-order valence-corrected chi connectivity index (χ3v) is 3.73. The number of thioether (sulfide) groups is 1. The second-order valence-corrected chi connectivity index (χ2v) is 5.91. The molecule has 96 valence electrons. The molecule has 0 heterocycles. The fourth-order valence-corrected chi connectivity index (χ4v) is 1.38. The van der Waals surface area contributed by atoms with Gasteiger partial charge in [-0.15, -0.1) is 0 Å². The lowest BCUT2D eigenvalue weighted by molar-refractivity contribution is -0.137. The summed E-state index contributed by atoms with van der Waals surface area (Å²) < 4.78 is 37.0. The molecule has 1 rings (SSSR count). The number of hydrogen-bond acceptors (Lipinski definition) is 2. The predicted molar refractivity (Wildman–Crippen MR) is 67.5 cm³/mol. The van der Waals surface area contributed by atoms with Crippen molar-refractivity contribution in [3.8, 4) is 0 Å². The first kappa shape index (κ1) is 14.2. The molecule has 5 heteroatoms. The van der Waals surface area contributed by atoms with Gasteiger partial charge in [0, 0.05) is 17.0 Å². The lowest BCUT2D eigenvalue weighted by Crippen LogP contribution is -2.25. The van der Waals surface area contributed by atoms with Gasteiger partial charge in [-0.3, -0.25) is 0 Å². The molecule has 0 bridgehead atoms. The van der Waals surface area contributed by atoms with Crippen molar-refractivity contribution in [2.45, 2.75) is 24.8 Å². The van der Waals surface area contributed by atoms with Crippen LogP contribution in [0.4, 0.5) is 18.9 Å². The van der Waals surface area contributed by atoms with Gasteiger partial charge in [0.1, 0.15) is 0 Å². The average molecular weight is 263 g/mol. The highest BCUT2D eigenvalue weighted by atomic mass is 32.2. The number of anilines is 1. The van der Waals surface area contributed by atoms with E-state index in [1.54, 1.807) is 11.8 Å². The summed E-state index contributed by atoms with van der Waals surface area (Å²) in [5.41, 5.74) is 0.0901. The van der Waals surface area contributed by atoms with Crippen molar-refractivity contribution in [1.29, 1.82) is 0 Å². The number of benzene rings is 1. The van der Waals surface area contributed by atoms with E-state index in [0.29, 0.717) is 12.2 Å². The van der Waals surface area contributed by atoms with Gasteiger partial charge >= 0.3 is 6.18 Å². The molecule has 0 saturated carbocycles. The number of alkyl halides is 3. The zero-order valence-electron chi connectivity index (χ0n) is 10.1. The largest absolute Gasteiger partial charge is 0.416 e. The van der Waals surface area contributed by atoms with Crippen molar-refractivity contribution in [3.63, 3.8) is 0 Å². The van der Waals surface area contributed by atoms with Crippen molar-refractivity contribution < 1.29 is 13.2 Å². The molecule has 0 fully saturated rings. The first-order valence-corrected chi connectivity index (χ1v) is 6.43. The molecule has 1 aromatic rings. The molecule has 0 atom stereocenters. The second kappa shape index (κ2) is 5.21. The molecule has 0 spiro atoms. The maximum atomic E-state index is 12.3. The van der Waals surface area contributed by atoms with Crippen LogP contribution in [0.1, 0.15) is 19.4 Å². The Morgan fingerprint density at radius 2 is 1.65 bits per heavy atom. The topological polar surface area (TPSA) is 12.0 Å². The van der Waals surface area contributed by atoms with Gasteiger partial charge in [-0.1, -0.05) is 0 Å². The molecule has 0 radical (unpaired) electrons. The van der Waals surface area contributed by atoms with Crippen LogP contribution >= 0.6 is 11.8 Å². The number of nitrogens with one attached hydrogen (secondary N) is 1. The zero-order valence-corrected chi connectivity index (χ0v) is 10.9. The van der Waals surface area contributed by atoms with Crippen molar-refractivity contribution in [1.82, 2.24) is 0 Å². The minimum Gasteiger partial charge on any atom is -0.384 e. The predicted octanol–water partition coefficient (Wildman–Crippen LogP) is 4.26. The van der Waals surface area contributed by atoms with Gasteiger partial charge in [0.2, 0.25) is 0 Å². The molecule has 0 amide bonds. The van der Waals surface area contributed by atoms with Gasteiger partial charge in [-0.25, -0.2) is 0 Å². The van der Waals surface area contributed by atoms with Gasteiger partial charge < -0.3 is 5.32 Å². The van der Waals surface area contributed by atoms with E-state index in [9.17, 15) is 13.2 Å². The first-order chi connectivity index (χ1) is 7.74.